The zero-order valence-electron chi connectivity index (χ0n) is 7.61. The van der Waals surface area contributed by atoms with Gasteiger partial charge >= 0.3 is 0 Å². The van der Waals surface area contributed by atoms with Gasteiger partial charge in [0.1, 0.15) is 0 Å². The van der Waals surface area contributed by atoms with Crippen LogP contribution in [0, 0.1) is 0 Å². The number of hydrogen-bond acceptors (Lipinski definition) is 1. The van der Waals surface area contributed by atoms with Crippen molar-refractivity contribution in [2.24, 2.45) is 0 Å². The summed E-state index contributed by atoms with van der Waals surface area (Å²) in [7, 11) is 0. The Kier molecular flexibility index (Phi) is 2.62. The fraction of sp³-hybridized carbons (Fsp3) is 0.455. The average Bonchev–Trinajstić information content (AvgIpc) is 2.53. The molecule has 2 atom stereocenters. The molecule has 68 valence electrons. The quantitative estimate of drug-likeness (QED) is 0.722. The Hall–Kier alpha value is -0.860. The fourth-order valence-corrected chi connectivity index (χ4v) is 1.86. The molecular weight excluding hydrogens is 160 g/mol. The molecular formula is C11H14N2. The number of hydrogen-bond donors (Lipinski definition) is 1. The first-order chi connectivity index (χ1) is 6.34. The number of nitrogens with zero attached hydrogens (tertiary/aromatic N) is 1. The van der Waals surface area contributed by atoms with Gasteiger partial charge in [-0.2, -0.15) is 0 Å². The molecule has 0 bridgehead atoms. The van der Waals surface area contributed by atoms with E-state index in [0.29, 0.717) is 6.04 Å². The first-order valence-electron chi connectivity index (χ1n) is 4.82. The Morgan fingerprint density at radius 1 is 1.23 bits per heavy atom. The third-order valence-electron chi connectivity index (χ3n) is 2.54. The van der Waals surface area contributed by atoms with E-state index in [2.05, 4.69) is 29.6 Å². The van der Waals surface area contributed by atoms with E-state index in [1.165, 1.54) is 5.56 Å². The average molecular weight is 174 g/mol. The Labute approximate surface area is 79.1 Å². The van der Waals surface area contributed by atoms with Crippen LogP contribution in [0.2, 0.25) is 0 Å². The SMILES string of the molecule is [N]C1CCC(Cc2ccccc2)N1. The van der Waals surface area contributed by atoms with Crippen LogP contribution < -0.4 is 11.1 Å². The van der Waals surface area contributed by atoms with Gasteiger partial charge in [0.05, 0.1) is 6.17 Å². The molecule has 2 rings (SSSR count). The lowest BCUT2D eigenvalue weighted by molar-refractivity contribution is 0.537. The largest absolute Gasteiger partial charge is 0.296 e. The van der Waals surface area contributed by atoms with Crippen LogP contribution in [0.15, 0.2) is 30.3 Å². The minimum absolute atomic E-state index is 0.284. The smallest absolute Gasteiger partial charge is 0.0929 e. The van der Waals surface area contributed by atoms with Gasteiger partial charge in [-0.05, 0) is 24.8 Å². The monoisotopic (exact) mass is 174 g/mol. The van der Waals surface area contributed by atoms with E-state index in [0.717, 1.165) is 19.3 Å². The lowest BCUT2D eigenvalue weighted by Crippen LogP contribution is -2.31. The summed E-state index contributed by atoms with van der Waals surface area (Å²) in [6, 6.07) is 10.9. The molecule has 0 aliphatic carbocycles. The van der Waals surface area contributed by atoms with Gasteiger partial charge in [0.25, 0.3) is 0 Å². The van der Waals surface area contributed by atoms with Crippen LogP contribution in [0.25, 0.3) is 0 Å². The predicted octanol–water partition coefficient (Wildman–Crippen LogP) is 1.38. The van der Waals surface area contributed by atoms with Crippen molar-refractivity contribution in [1.29, 1.82) is 0 Å². The first-order valence-corrected chi connectivity index (χ1v) is 4.82. The van der Waals surface area contributed by atoms with E-state index in [1.54, 1.807) is 0 Å². The summed E-state index contributed by atoms with van der Waals surface area (Å²) in [5, 5.41) is 3.16. The van der Waals surface area contributed by atoms with Crippen molar-refractivity contribution < 1.29 is 0 Å². The van der Waals surface area contributed by atoms with Crippen molar-refractivity contribution in [3.8, 4) is 0 Å². The summed E-state index contributed by atoms with van der Waals surface area (Å²) in [6.45, 7) is 0. The lowest BCUT2D eigenvalue weighted by atomic mass is 10.1. The minimum atomic E-state index is -0.284. The third kappa shape index (κ3) is 2.29. The standard InChI is InChI=1S/C11H14N2/c12-11-7-6-10(13-11)8-9-4-2-1-3-5-9/h1-5,10-11,13H,6-8H2. The van der Waals surface area contributed by atoms with Crippen molar-refractivity contribution in [3.63, 3.8) is 0 Å². The first kappa shape index (κ1) is 8.73. The molecule has 1 aliphatic rings. The van der Waals surface area contributed by atoms with Gasteiger partial charge in [-0.1, -0.05) is 30.3 Å². The molecule has 1 aromatic carbocycles. The van der Waals surface area contributed by atoms with Gasteiger partial charge in [0.2, 0.25) is 0 Å². The molecule has 1 aliphatic heterocycles. The Balaban J connectivity index is 1.92. The normalized spacial score (nSPS) is 27.8. The van der Waals surface area contributed by atoms with Crippen LogP contribution in [-0.2, 0) is 6.42 Å². The van der Waals surface area contributed by atoms with Crippen LogP contribution in [0.1, 0.15) is 18.4 Å². The molecule has 1 aromatic rings. The van der Waals surface area contributed by atoms with Crippen LogP contribution in [0.3, 0.4) is 0 Å². The molecule has 0 aromatic heterocycles. The van der Waals surface area contributed by atoms with Crippen molar-refractivity contribution in [1.82, 2.24) is 11.1 Å². The molecule has 0 saturated carbocycles. The molecule has 0 spiro atoms. The molecule has 2 nitrogen and oxygen atoms in total. The topological polar surface area (TPSA) is 34.3 Å². The summed E-state index contributed by atoms with van der Waals surface area (Å²) in [5.41, 5.74) is 10.6. The third-order valence-corrected chi connectivity index (χ3v) is 2.54. The van der Waals surface area contributed by atoms with E-state index in [1.807, 2.05) is 6.07 Å². The van der Waals surface area contributed by atoms with Crippen molar-refractivity contribution in [2.45, 2.75) is 31.5 Å². The maximum Gasteiger partial charge on any atom is 0.0929 e. The van der Waals surface area contributed by atoms with Gasteiger partial charge < -0.3 is 0 Å². The molecule has 13 heavy (non-hydrogen) atoms. The van der Waals surface area contributed by atoms with Gasteiger partial charge in [-0.3, -0.25) is 5.32 Å². The van der Waals surface area contributed by atoms with Crippen molar-refractivity contribution >= 4 is 0 Å². The summed E-state index contributed by atoms with van der Waals surface area (Å²) in [5.74, 6) is 0. The molecule has 2 unspecified atom stereocenters. The highest BCUT2D eigenvalue weighted by Gasteiger charge is 2.21. The molecule has 1 fully saturated rings. The van der Waals surface area contributed by atoms with Crippen LogP contribution in [0.4, 0.5) is 0 Å². The Morgan fingerprint density at radius 2 is 2.00 bits per heavy atom. The van der Waals surface area contributed by atoms with Crippen molar-refractivity contribution in [2.75, 3.05) is 0 Å². The van der Waals surface area contributed by atoms with E-state index >= 15 is 0 Å². The zero-order valence-corrected chi connectivity index (χ0v) is 7.61. The Bertz CT molecular complexity index is 258. The van der Waals surface area contributed by atoms with Gasteiger partial charge in [0, 0.05) is 6.04 Å². The second-order valence-electron chi connectivity index (χ2n) is 3.65. The van der Waals surface area contributed by atoms with Crippen LogP contribution in [-0.4, -0.2) is 12.2 Å². The summed E-state index contributed by atoms with van der Waals surface area (Å²) < 4.78 is 0. The predicted molar refractivity (Wildman–Crippen MR) is 52.2 cm³/mol. The van der Waals surface area contributed by atoms with E-state index in [4.69, 9.17) is 0 Å². The maximum absolute atomic E-state index is 9.27. The molecule has 1 heterocycles. The van der Waals surface area contributed by atoms with Gasteiger partial charge in [-0.25, -0.2) is 0 Å². The molecule has 1 N–H and O–H groups in total. The Morgan fingerprint density at radius 3 is 2.62 bits per heavy atom. The summed E-state index contributed by atoms with van der Waals surface area (Å²) in [4.78, 5) is 0. The maximum atomic E-state index is 9.27. The van der Waals surface area contributed by atoms with Crippen LogP contribution >= 0.6 is 0 Å². The molecule has 2 heteroatoms. The van der Waals surface area contributed by atoms with E-state index in [9.17, 15) is 5.73 Å². The van der Waals surface area contributed by atoms with E-state index < -0.39 is 0 Å². The van der Waals surface area contributed by atoms with Gasteiger partial charge in [0.15, 0.2) is 0 Å². The highest BCUT2D eigenvalue weighted by molar-refractivity contribution is 5.16. The summed E-state index contributed by atoms with van der Waals surface area (Å²) >= 11 is 0. The zero-order chi connectivity index (χ0) is 9.10. The molecule has 1 saturated heterocycles. The number of nitrogens with one attached hydrogen (secondary N) is 1. The van der Waals surface area contributed by atoms with Gasteiger partial charge in [-0.15, -0.1) is 5.73 Å². The highest BCUT2D eigenvalue weighted by Crippen LogP contribution is 2.14. The molecule has 0 amide bonds. The van der Waals surface area contributed by atoms with Crippen LogP contribution in [0.5, 0.6) is 0 Å². The highest BCUT2D eigenvalue weighted by atomic mass is 15.1. The number of rotatable bonds is 2. The fourth-order valence-electron chi connectivity index (χ4n) is 1.86. The number of benzene rings is 1. The van der Waals surface area contributed by atoms with E-state index in [-0.39, 0.29) is 6.17 Å². The molecule has 2 radical (unpaired) electrons. The minimum Gasteiger partial charge on any atom is -0.296 e. The lowest BCUT2D eigenvalue weighted by Gasteiger charge is -2.10. The van der Waals surface area contributed by atoms with Crippen molar-refractivity contribution in [3.05, 3.63) is 35.9 Å². The summed E-state index contributed by atoms with van der Waals surface area (Å²) in [6.07, 6.45) is 2.71. The second kappa shape index (κ2) is 3.90. The second-order valence-corrected chi connectivity index (χ2v) is 3.65.